The van der Waals surface area contributed by atoms with Crippen LogP contribution in [0.2, 0.25) is 0 Å². The van der Waals surface area contributed by atoms with Crippen LogP contribution in [0, 0.1) is 30.1 Å². The van der Waals surface area contributed by atoms with Crippen LogP contribution in [0.1, 0.15) is 169 Å². The number of likely N-dealkylation sites (N-methyl/N-ethyl adjacent to an activating group) is 1. The monoisotopic (exact) mass is 1750 g/mol. The number of nitrogens with one attached hydrogen (secondary N) is 7. The van der Waals surface area contributed by atoms with Gasteiger partial charge < -0.3 is 87.6 Å². The quantitative estimate of drug-likeness (QED) is 0.00609. The van der Waals surface area contributed by atoms with Gasteiger partial charge in [-0.2, -0.15) is 0 Å². The van der Waals surface area contributed by atoms with Crippen molar-refractivity contribution >= 4 is 120 Å². The molecule has 36 heteroatoms. The molecule has 4 amide bonds. The normalized spacial score (nSPS) is 24.7. The van der Waals surface area contributed by atoms with E-state index in [9.17, 15) is 63.6 Å². The highest BCUT2D eigenvalue weighted by molar-refractivity contribution is 8.76. The number of aromatic nitrogens is 5. The smallest absolute Gasteiger partial charge is 0.325 e. The van der Waals surface area contributed by atoms with Crippen molar-refractivity contribution in [1.29, 1.82) is 0 Å². The van der Waals surface area contributed by atoms with E-state index in [0.29, 0.717) is 116 Å². The fraction of sp³-hybridized carbons (Fsp3) is 0.557. The molecule has 3 fully saturated rings. The predicted molar refractivity (Wildman–Crippen MR) is 468 cm³/mol. The molecule has 3 aromatic carbocycles. The Morgan fingerprint density at radius 3 is 2.27 bits per heavy atom. The van der Waals surface area contributed by atoms with Crippen molar-refractivity contribution in [3.63, 3.8) is 0 Å². The summed E-state index contributed by atoms with van der Waals surface area (Å²) in [5.41, 5.74) is 9.49. The van der Waals surface area contributed by atoms with Crippen molar-refractivity contribution < 1.29 is 82.6 Å². The van der Waals surface area contributed by atoms with Crippen LogP contribution in [-0.2, 0) is 76.4 Å². The van der Waals surface area contributed by atoms with Gasteiger partial charge >= 0.3 is 17.9 Å². The van der Waals surface area contributed by atoms with Gasteiger partial charge in [-0.3, -0.25) is 67.5 Å². The number of aliphatic imine (C=N–C) groups is 1. The fourth-order valence-corrected chi connectivity index (χ4v) is 21.9. The number of ketones is 3. The molecule has 1 aliphatic carbocycles. The number of aliphatic carboxylic acids is 1. The maximum Gasteiger partial charge on any atom is 0.325 e. The number of anilines is 2. The molecule has 6 aromatic rings. The van der Waals surface area contributed by atoms with Crippen LogP contribution in [0.5, 0.6) is 5.75 Å². The van der Waals surface area contributed by atoms with Crippen LogP contribution in [0.15, 0.2) is 88.8 Å². The molecule has 34 nitrogen and oxygen atoms in total. The van der Waals surface area contributed by atoms with Crippen molar-refractivity contribution in [2.45, 2.75) is 203 Å². The number of Topliss-reactive ketones (excluding diaryl/α,β-unsaturated/α-hetero) is 3. The molecule has 668 valence electrons. The Morgan fingerprint density at radius 2 is 1.55 bits per heavy atom. The maximum absolute atomic E-state index is 15.6. The lowest BCUT2D eigenvalue weighted by atomic mass is 9.47. The average molecular weight is 1750 g/mol. The standard InChI is InChI=1S/C88H116N16O18S2/c1-10-84(118)42-53-43-87(82(117)121-9,72-59(27-32-103(47-53)48-84)58-17-12-13-18-62(58)99-72)61-39-60-65(41-68(61)120-8)102(7)79-86(60)29-33-104-31-16-28-85(11-2,78(86)104)80(115)88(79,119)81(116)94-46-70(110)122-34-36-124-123-35-15-20-66(106)64(40-69(108)109)101-75(112)50(4)38-67(107)63(19-14-30-91-83(89)90)100-74(111)49(3)37-57(105)26-21-51(5)95-76(113)54-22-24-55(25-23-54)92-44-56-45-93-73-71(98-56)77(114)97-52(6)96-73/h12-13,16-18,22-25,28,39,41,45,49-51,53,63-64,78-80,92,99,115,118-119H,10-11,14-15,19-21,26-27,29-38,40,42-44,46-48H2,1-9H3,(H,94,116)(H,95,113)(H,100,111)(H,101,112)(H,108,109)(H4,89,90,91)(H,93,96,97,114)/t49-,50-,51-,53-,63+,64+,78+,79-,80-,84+,85-,86-,87+,88+/m1/s1. The number of para-hydroxylation sites is 1. The molecule has 2 bridgehead atoms. The van der Waals surface area contributed by atoms with Gasteiger partial charge in [0.05, 0.1) is 62.8 Å². The molecule has 5 aliphatic heterocycles. The van der Waals surface area contributed by atoms with E-state index in [2.05, 4.69) is 72.4 Å². The number of aliphatic hydroxyl groups is 3. The average Bonchev–Trinajstić information content (AvgIpc) is 1.47. The summed E-state index contributed by atoms with van der Waals surface area (Å²) in [5, 5.41) is 63.8. The molecule has 2 saturated heterocycles. The van der Waals surface area contributed by atoms with Gasteiger partial charge in [-0.05, 0) is 138 Å². The zero-order valence-corrected chi connectivity index (χ0v) is 73.3. The first-order valence-corrected chi connectivity index (χ1v) is 45.1. The van der Waals surface area contributed by atoms with E-state index in [1.807, 2.05) is 61.2 Å². The number of carbonyl (C=O) groups excluding carboxylic acids is 9. The predicted octanol–water partition coefficient (Wildman–Crippen LogP) is 4.87. The van der Waals surface area contributed by atoms with Crippen LogP contribution >= 0.6 is 21.6 Å². The number of H-pyrrole nitrogens is 2. The maximum atomic E-state index is 15.6. The third-order valence-electron chi connectivity index (χ3n) is 25.9. The number of guanidine groups is 1. The van der Waals surface area contributed by atoms with E-state index in [1.165, 1.54) is 48.7 Å². The Balaban J connectivity index is 0.610. The minimum Gasteiger partial charge on any atom is -0.496 e. The number of methoxy groups -OCH3 is 2. The molecule has 1 saturated carbocycles. The number of aliphatic hydroxyl groups excluding tert-OH is 1. The molecule has 15 N–H and O–H groups in total. The molecule has 6 aliphatic rings. The molecule has 15 atom stereocenters. The number of aryl methyl sites for hydroxylation is 1. The van der Waals surface area contributed by atoms with Crippen molar-refractivity contribution in [2.75, 3.05) is 95.4 Å². The molecule has 8 heterocycles. The van der Waals surface area contributed by atoms with E-state index in [1.54, 1.807) is 52.3 Å². The third kappa shape index (κ3) is 19.4. The van der Waals surface area contributed by atoms with Crippen LogP contribution in [-0.4, -0.2) is 253 Å². The number of benzene rings is 3. The Kier molecular flexibility index (Phi) is 29.5. The Bertz CT molecular complexity index is 5140. The van der Waals surface area contributed by atoms with Gasteiger partial charge in [0.2, 0.25) is 11.8 Å². The summed E-state index contributed by atoms with van der Waals surface area (Å²) >= 11 is 0. The number of rotatable bonds is 40. The van der Waals surface area contributed by atoms with Crippen LogP contribution in [0.3, 0.4) is 0 Å². The highest BCUT2D eigenvalue weighted by atomic mass is 33.1. The van der Waals surface area contributed by atoms with Gasteiger partial charge in [-0.25, -0.2) is 15.0 Å². The van der Waals surface area contributed by atoms with Gasteiger partial charge in [0, 0.05) is 157 Å². The largest absolute Gasteiger partial charge is 0.496 e. The second-order valence-corrected chi connectivity index (χ2v) is 36.9. The first-order chi connectivity index (χ1) is 59.2. The highest BCUT2D eigenvalue weighted by Crippen LogP contribution is 2.68. The van der Waals surface area contributed by atoms with E-state index >= 15 is 9.59 Å². The second-order valence-electron chi connectivity index (χ2n) is 34.2. The number of hydrogen-bond acceptors (Lipinski definition) is 27. The highest BCUT2D eigenvalue weighted by Gasteiger charge is 2.79. The molecule has 12 rings (SSSR count). The number of carbonyl (C=O) groups is 10. The molecule has 124 heavy (non-hydrogen) atoms. The number of aromatic amines is 2. The summed E-state index contributed by atoms with van der Waals surface area (Å²) in [5.74, 6) is -7.73. The van der Waals surface area contributed by atoms with Crippen LogP contribution in [0.25, 0.3) is 22.1 Å². The SMILES string of the molecule is CC[C@]1(O)C[C@H]2CN(CCc3c([nH]c4ccccc34)[C@@](C(=O)OC)(c3cc4c(cc3OC)N(C)[C@H]3[C@@](O)(C(=O)NCC(=O)OCCSSCCCC(=O)[C@H](CC(=O)O)NC(=O)[C@H](C)CC(=O)[C@H](CCCN=C(N)N)NC(=O)[C@H](C)CC(=O)CC[C@@H](C)NC(=O)c5ccc(NCc6cnc7nc(C)[nH]c(=O)c7n6)cc5)[C@H](O)[C@]5(CC)C=CCN6CC[C@]43[C@@H]65)C2)C1. The number of esters is 2. The summed E-state index contributed by atoms with van der Waals surface area (Å²) in [6.07, 6.45) is 5.60. The number of ether oxygens (including phenoxy) is 3. The number of carboxylic acid groups (broad SMARTS) is 1. The zero-order chi connectivity index (χ0) is 89.3. The fourth-order valence-electron chi connectivity index (χ4n) is 19.9. The number of piperidine rings is 1. The summed E-state index contributed by atoms with van der Waals surface area (Å²) in [4.78, 5) is 180. The molecular formula is C88H116N16O18S2. The second kappa shape index (κ2) is 39.4. The topological polar surface area (TPSA) is 501 Å². The first-order valence-electron chi connectivity index (χ1n) is 42.6. The number of fused-ring (bicyclic) bond motifs is 7. The Labute approximate surface area is 727 Å². The number of amides is 4. The molecule has 1 spiro atoms. The van der Waals surface area contributed by atoms with Crippen molar-refractivity contribution in [1.82, 2.24) is 56.0 Å². The lowest BCUT2D eigenvalue weighted by molar-refractivity contribution is -0.203. The summed E-state index contributed by atoms with van der Waals surface area (Å²) in [6, 6.07) is 13.9. The molecular weight excluding hydrogens is 1630 g/mol. The van der Waals surface area contributed by atoms with Gasteiger partial charge in [0.25, 0.3) is 17.4 Å². The third-order valence-corrected chi connectivity index (χ3v) is 28.3. The minimum absolute atomic E-state index is 0.0285. The summed E-state index contributed by atoms with van der Waals surface area (Å²) in [6.45, 7) is 12.7. The van der Waals surface area contributed by atoms with Gasteiger partial charge in [0.15, 0.2) is 34.3 Å². The molecule has 0 radical (unpaired) electrons. The minimum atomic E-state index is -2.58. The van der Waals surface area contributed by atoms with Crippen molar-refractivity contribution in [3.8, 4) is 5.75 Å². The lowest BCUT2D eigenvalue weighted by Gasteiger charge is -2.63. The Morgan fingerprint density at radius 1 is 0.815 bits per heavy atom. The number of carboxylic acids is 1. The van der Waals surface area contributed by atoms with Crippen molar-refractivity contribution in [2.24, 2.45) is 39.6 Å². The number of nitrogens with zero attached hydrogens (tertiary/aromatic N) is 7. The van der Waals surface area contributed by atoms with Gasteiger partial charge in [0.1, 0.15) is 42.0 Å². The van der Waals surface area contributed by atoms with E-state index in [0.717, 1.165) is 22.0 Å². The molecule has 3 aromatic heterocycles. The number of hydrogen-bond donors (Lipinski definition) is 13. The summed E-state index contributed by atoms with van der Waals surface area (Å²) in [7, 11) is 7.40. The molecule has 1 unspecified atom stereocenters. The lowest BCUT2D eigenvalue weighted by Crippen LogP contribution is -2.81. The van der Waals surface area contributed by atoms with E-state index in [4.69, 9.17) is 25.7 Å². The van der Waals surface area contributed by atoms with Crippen LogP contribution in [0.4, 0.5) is 11.4 Å². The Hall–Kier alpha value is -10.4. The van der Waals surface area contributed by atoms with E-state index < -0.39 is 148 Å². The van der Waals surface area contributed by atoms with E-state index in [-0.39, 0.29) is 112 Å². The first kappa shape index (κ1) is 92.8. The number of nitrogens with two attached hydrogens (primary N) is 2. The van der Waals surface area contributed by atoms with Crippen LogP contribution < -0.4 is 53.2 Å². The zero-order valence-electron chi connectivity index (χ0n) is 71.7. The van der Waals surface area contributed by atoms with Gasteiger partial charge in [-0.15, -0.1) is 0 Å². The summed E-state index contributed by atoms with van der Waals surface area (Å²) < 4.78 is 18.0. The van der Waals surface area contributed by atoms with Crippen molar-refractivity contribution in [3.05, 3.63) is 129 Å². The van der Waals surface area contributed by atoms with Gasteiger partial charge in [-0.1, -0.05) is 79.6 Å².